The third-order valence-corrected chi connectivity index (χ3v) is 4.09. The number of esters is 1. The number of methoxy groups -OCH3 is 1. The molecule has 0 unspecified atom stereocenters. The van der Waals surface area contributed by atoms with Crippen molar-refractivity contribution in [1.29, 1.82) is 0 Å². The van der Waals surface area contributed by atoms with Crippen molar-refractivity contribution in [2.45, 2.75) is 13.3 Å². The summed E-state index contributed by atoms with van der Waals surface area (Å²) in [6.45, 7) is 3.03. The minimum atomic E-state index is -0.522. The van der Waals surface area contributed by atoms with Crippen LogP contribution in [0.4, 0.5) is 10.2 Å². The normalized spacial score (nSPS) is 19.1. The molecule has 1 aliphatic rings. The van der Waals surface area contributed by atoms with E-state index in [9.17, 15) is 9.18 Å². The highest BCUT2D eigenvalue weighted by Gasteiger charge is 2.30. The zero-order valence-electron chi connectivity index (χ0n) is 10.2. The second-order valence-electron chi connectivity index (χ2n) is 4.36. The lowest BCUT2D eigenvalue weighted by atomic mass is 10.1. The molecular formula is C12H14BrFN2O2. The van der Waals surface area contributed by atoms with Gasteiger partial charge < -0.3 is 9.64 Å². The average Bonchev–Trinajstić information content (AvgIpc) is 2.84. The van der Waals surface area contributed by atoms with Gasteiger partial charge in [-0.05, 0) is 40.9 Å². The molecule has 1 atom stereocenters. The summed E-state index contributed by atoms with van der Waals surface area (Å²) in [6, 6.07) is 1.81. The molecule has 18 heavy (non-hydrogen) atoms. The van der Waals surface area contributed by atoms with Gasteiger partial charge in [-0.1, -0.05) is 0 Å². The van der Waals surface area contributed by atoms with Gasteiger partial charge in [0.2, 0.25) is 5.95 Å². The lowest BCUT2D eigenvalue weighted by Gasteiger charge is -2.18. The molecule has 0 radical (unpaired) electrons. The summed E-state index contributed by atoms with van der Waals surface area (Å²) < 4.78 is 18.6. The van der Waals surface area contributed by atoms with Gasteiger partial charge in [0.15, 0.2) is 0 Å². The molecule has 1 saturated heterocycles. The van der Waals surface area contributed by atoms with Crippen molar-refractivity contribution in [3.63, 3.8) is 0 Å². The van der Waals surface area contributed by atoms with Crippen molar-refractivity contribution in [1.82, 2.24) is 4.98 Å². The Morgan fingerprint density at radius 1 is 1.67 bits per heavy atom. The van der Waals surface area contributed by atoms with Crippen LogP contribution in [0.5, 0.6) is 0 Å². The van der Waals surface area contributed by atoms with Gasteiger partial charge in [0.05, 0.1) is 17.5 Å². The highest BCUT2D eigenvalue weighted by Crippen LogP contribution is 2.27. The minimum Gasteiger partial charge on any atom is -0.469 e. The van der Waals surface area contributed by atoms with Gasteiger partial charge >= 0.3 is 5.97 Å². The number of anilines is 1. The van der Waals surface area contributed by atoms with Crippen LogP contribution in [0.3, 0.4) is 0 Å². The first-order valence-corrected chi connectivity index (χ1v) is 6.47. The maximum atomic E-state index is 13.5. The molecule has 2 rings (SSSR count). The number of carbonyl (C=O) groups is 1. The van der Waals surface area contributed by atoms with Crippen LogP contribution in [-0.2, 0) is 9.53 Å². The molecule has 0 aromatic carbocycles. The van der Waals surface area contributed by atoms with E-state index in [0.717, 1.165) is 5.56 Å². The Morgan fingerprint density at radius 2 is 2.39 bits per heavy atom. The summed E-state index contributed by atoms with van der Waals surface area (Å²) in [5.74, 6) is -0.318. The number of halogens is 2. The summed E-state index contributed by atoms with van der Waals surface area (Å²) >= 11 is 3.14. The van der Waals surface area contributed by atoms with E-state index < -0.39 is 5.95 Å². The van der Waals surface area contributed by atoms with Gasteiger partial charge in [-0.15, -0.1) is 0 Å². The predicted molar refractivity (Wildman–Crippen MR) is 69.0 cm³/mol. The molecule has 0 aliphatic carbocycles. The molecule has 0 spiro atoms. The topological polar surface area (TPSA) is 42.4 Å². The van der Waals surface area contributed by atoms with E-state index in [1.165, 1.54) is 7.11 Å². The summed E-state index contributed by atoms with van der Waals surface area (Å²) in [5, 5.41) is 0. The van der Waals surface area contributed by atoms with Gasteiger partial charge in [-0.3, -0.25) is 4.79 Å². The van der Waals surface area contributed by atoms with E-state index in [1.54, 1.807) is 0 Å². The molecule has 0 N–H and O–H groups in total. The number of nitrogens with zero attached hydrogens (tertiary/aromatic N) is 2. The highest BCUT2D eigenvalue weighted by atomic mass is 79.9. The van der Waals surface area contributed by atoms with E-state index in [0.29, 0.717) is 29.8 Å². The molecule has 1 fully saturated rings. The third kappa shape index (κ3) is 2.48. The smallest absolute Gasteiger partial charge is 0.310 e. The minimum absolute atomic E-state index is 0.149. The summed E-state index contributed by atoms with van der Waals surface area (Å²) in [4.78, 5) is 17.2. The Balaban J connectivity index is 2.17. The fourth-order valence-electron chi connectivity index (χ4n) is 2.09. The number of carbonyl (C=O) groups excluding carboxylic acids is 1. The van der Waals surface area contributed by atoms with Crippen molar-refractivity contribution in [3.8, 4) is 0 Å². The largest absolute Gasteiger partial charge is 0.469 e. The van der Waals surface area contributed by atoms with E-state index in [2.05, 4.69) is 20.9 Å². The molecule has 0 saturated carbocycles. The Hall–Kier alpha value is -1.17. The summed E-state index contributed by atoms with van der Waals surface area (Å²) in [5.41, 5.74) is 0.791. The second kappa shape index (κ2) is 5.22. The van der Waals surface area contributed by atoms with Crippen LogP contribution in [0, 0.1) is 18.8 Å². The monoisotopic (exact) mass is 316 g/mol. The molecule has 6 heteroatoms. The van der Waals surface area contributed by atoms with Crippen molar-refractivity contribution >= 4 is 27.7 Å². The Labute approximate surface area is 113 Å². The Morgan fingerprint density at radius 3 is 3.00 bits per heavy atom. The average molecular weight is 317 g/mol. The molecule has 1 aliphatic heterocycles. The van der Waals surface area contributed by atoms with Crippen molar-refractivity contribution in [2.24, 2.45) is 5.92 Å². The summed E-state index contributed by atoms with van der Waals surface area (Å²) in [7, 11) is 1.38. The number of pyridine rings is 1. The molecule has 98 valence electrons. The van der Waals surface area contributed by atoms with Gasteiger partial charge in [-0.2, -0.15) is 4.39 Å². The first-order valence-electron chi connectivity index (χ1n) is 5.68. The fraction of sp³-hybridized carbons (Fsp3) is 0.500. The SMILES string of the molecule is COC(=O)[C@H]1CCN(c2cc(C)c(Br)c(F)n2)C1. The third-order valence-electron chi connectivity index (χ3n) is 3.13. The van der Waals surface area contributed by atoms with Gasteiger partial charge in [0, 0.05) is 13.1 Å². The van der Waals surface area contributed by atoms with Crippen LogP contribution in [0.15, 0.2) is 10.5 Å². The summed E-state index contributed by atoms with van der Waals surface area (Å²) in [6.07, 6.45) is 0.713. The quantitative estimate of drug-likeness (QED) is 0.620. The molecular weight excluding hydrogens is 303 g/mol. The molecule has 0 bridgehead atoms. The van der Waals surface area contributed by atoms with E-state index in [1.807, 2.05) is 17.9 Å². The second-order valence-corrected chi connectivity index (χ2v) is 5.15. The molecule has 0 amide bonds. The number of hydrogen-bond donors (Lipinski definition) is 0. The first kappa shape index (κ1) is 13.3. The van der Waals surface area contributed by atoms with Crippen molar-refractivity contribution in [2.75, 3.05) is 25.1 Å². The maximum absolute atomic E-state index is 13.5. The van der Waals surface area contributed by atoms with Crippen LogP contribution in [-0.4, -0.2) is 31.2 Å². The zero-order chi connectivity index (χ0) is 13.3. The van der Waals surface area contributed by atoms with Crippen LogP contribution in [0.2, 0.25) is 0 Å². The predicted octanol–water partition coefficient (Wildman–Crippen LogP) is 2.29. The number of aryl methyl sites for hydroxylation is 1. The Bertz CT molecular complexity index is 458. The standard InChI is InChI=1S/C12H14BrFN2O2/c1-7-5-9(15-11(14)10(7)13)16-4-3-8(6-16)12(17)18-2/h5,8H,3-4,6H2,1-2H3/t8-/m0/s1. The molecule has 1 aromatic rings. The van der Waals surface area contributed by atoms with Crippen LogP contribution < -0.4 is 4.90 Å². The zero-order valence-corrected chi connectivity index (χ0v) is 11.8. The van der Waals surface area contributed by atoms with Gasteiger partial charge in [-0.25, -0.2) is 4.98 Å². The van der Waals surface area contributed by atoms with Crippen molar-refractivity contribution in [3.05, 3.63) is 22.1 Å². The number of hydrogen-bond acceptors (Lipinski definition) is 4. The van der Waals surface area contributed by atoms with E-state index in [-0.39, 0.29) is 11.9 Å². The Kier molecular flexibility index (Phi) is 3.85. The van der Waals surface area contributed by atoms with Crippen LogP contribution in [0.1, 0.15) is 12.0 Å². The van der Waals surface area contributed by atoms with Gasteiger partial charge in [0.25, 0.3) is 0 Å². The number of rotatable bonds is 2. The molecule has 1 aromatic heterocycles. The fourth-order valence-corrected chi connectivity index (χ4v) is 2.29. The molecule has 4 nitrogen and oxygen atoms in total. The lowest BCUT2D eigenvalue weighted by Crippen LogP contribution is -2.24. The van der Waals surface area contributed by atoms with Gasteiger partial charge in [0.1, 0.15) is 5.82 Å². The van der Waals surface area contributed by atoms with E-state index >= 15 is 0 Å². The van der Waals surface area contributed by atoms with Crippen molar-refractivity contribution < 1.29 is 13.9 Å². The molecule has 2 heterocycles. The number of aromatic nitrogens is 1. The lowest BCUT2D eigenvalue weighted by molar-refractivity contribution is -0.144. The van der Waals surface area contributed by atoms with Crippen LogP contribution in [0.25, 0.3) is 0 Å². The van der Waals surface area contributed by atoms with Crippen LogP contribution >= 0.6 is 15.9 Å². The highest BCUT2D eigenvalue weighted by molar-refractivity contribution is 9.10. The maximum Gasteiger partial charge on any atom is 0.310 e. The first-order chi connectivity index (χ1) is 8.52. The number of ether oxygens (including phenoxy) is 1. The van der Waals surface area contributed by atoms with E-state index in [4.69, 9.17) is 4.74 Å².